The number of amides is 1. The van der Waals surface area contributed by atoms with Crippen LogP contribution in [0.25, 0.3) is 0 Å². The highest BCUT2D eigenvalue weighted by Crippen LogP contribution is 2.44. The quantitative estimate of drug-likeness (QED) is 0.403. The number of benzene rings is 2. The third kappa shape index (κ3) is 7.07. The van der Waals surface area contributed by atoms with Crippen molar-refractivity contribution in [2.45, 2.75) is 51.5 Å². The molecule has 0 spiro atoms. The second-order valence-corrected chi connectivity index (χ2v) is 11.0. The molecule has 2 fully saturated rings. The van der Waals surface area contributed by atoms with Crippen LogP contribution in [0.5, 0.6) is 0 Å². The first-order valence-corrected chi connectivity index (χ1v) is 13.5. The maximum atomic E-state index is 13.1. The lowest BCUT2D eigenvalue weighted by atomic mass is 10.00. The van der Waals surface area contributed by atoms with Crippen molar-refractivity contribution in [3.63, 3.8) is 0 Å². The van der Waals surface area contributed by atoms with Gasteiger partial charge in [0.25, 0.3) is 8.18 Å². The Morgan fingerprint density at radius 1 is 1.17 bits per heavy atom. The average Bonchev–Trinajstić information content (AvgIpc) is 3.43. The van der Waals surface area contributed by atoms with E-state index in [2.05, 4.69) is 18.7 Å². The maximum absolute atomic E-state index is 13.1. The van der Waals surface area contributed by atoms with E-state index in [9.17, 15) is 9.36 Å². The number of ether oxygens (including phenoxy) is 2. The molecule has 1 unspecified atom stereocenters. The summed E-state index contributed by atoms with van der Waals surface area (Å²) in [4.78, 5) is 15.4. The van der Waals surface area contributed by atoms with Crippen molar-refractivity contribution < 1.29 is 23.4 Å². The minimum absolute atomic E-state index is 0.309. The van der Waals surface area contributed by atoms with E-state index < -0.39 is 20.4 Å². The Hall–Kier alpha value is -2.38. The molecule has 2 aromatic carbocycles. The van der Waals surface area contributed by atoms with Crippen LogP contribution in [-0.2, 0) is 31.5 Å². The highest BCUT2D eigenvalue weighted by Gasteiger charge is 2.45. The third-order valence-electron chi connectivity index (χ3n) is 6.30. The summed E-state index contributed by atoms with van der Waals surface area (Å²) in [6.07, 6.45) is -0.104. The van der Waals surface area contributed by atoms with Crippen LogP contribution >= 0.6 is 8.18 Å². The number of carbonyl (C=O) groups excluding carboxylic acids is 1. The van der Waals surface area contributed by atoms with Gasteiger partial charge in [0.05, 0.1) is 19.3 Å². The summed E-state index contributed by atoms with van der Waals surface area (Å²) in [5, 5.41) is 0. The topological polar surface area (TPSA) is 94.3 Å². The molecule has 2 saturated heterocycles. The van der Waals surface area contributed by atoms with Crippen molar-refractivity contribution in [1.82, 2.24) is 9.57 Å². The van der Waals surface area contributed by atoms with Gasteiger partial charge in [-0.2, -0.15) is 0 Å². The van der Waals surface area contributed by atoms with Crippen molar-refractivity contribution in [3.8, 4) is 0 Å². The lowest BCUT2D eigenvalue weighted by Gasteiger charge is -2.30. The van der Waals surface area contributed by atoms with E-state index in [1.165, 1.54) is 4.67 Å². The van der Waals surface area contributed by atoms with Crippen LogP contribution in [0.2, 0.25) is 0 Å². The Balaban J connectivity index is 1.54. The molecule has 2 heterocycles. The van der Waals surface area contributed by atoms with Gasteiger partial charge in [-0.3, -0.25) is 9.46 Å². The predicted molar refractivity (Wildman–Crippen MR) is 136 cm³/mol. The highest BCUT2D eigenvalue weighted by atomic mass is 31.1. The first-order chi connectivity index (χ1) is 16.9. The fourth-order valence-electron chi connectivity index (χ4n) is 4.67. The molecule has 2 aliphatic heterocycles. The summed E-state index contributed by atoms with van der Waals surface area (Å²) < 4.78 is 31.4. The molecule has 2 N–H and O–H groups in total. The Labute approximate surface area is 208 Å². The van der Waals surface area contributed by atoms with Gasteiger partial charge in [-0.1, -0.05) is 56.3 Å². The molecule has 35 heavy (non-hydrogen) atoms. The van der Waals surface area contributed by atoms with Gasteiger partial charge < -0.3 is 19.7 Å². The number of hydrogen-bond donors (Lipinski definition) is 1. The summed E-state index contributed by atoms with van der Waals surface area (Å²) in [7, 11) is -2.78. The summed E-state index contributed by atoms with van der Waals surface area (Å²) in [5.41, 5.74) is 8.78. The van der Waals surface area contributed by atoms with Gasteiger partial charge in [0.15, 0.2) is 0 Å². The van der Waals surface area contributed by atoms with E-state index in [1.54, 1.807) is 0 Å². The lowest BCUT2D eigenvalue weighted by molar-refractivity contribution is 0.0593. The van der Waals surface area contributed by atoms with Crippen molar-refractivity contribution in [3.05, 3.63) is 65.7 Å². The zero-order valence-corrected chi connectivity index (χ0v) is 21.5. The molecular weight excluding hydrogens is 465 g/mol. The first kappa shape index (κ1) is 25.7. The molecule has 8 nitrogen and oxygen atoms in total. The highest BCUT2D eigenvalue weighted by molar-refractivity contribution is 7.37. The Morgan fingerprint density at radius 3 is 2.57 bits per heavy atom. The van der Waals surface area contributed by atoms with Crippen LogP contribution in [0.4, 0.5) is 10.5 Å². The lowest BCUT2D eigenvalue weighted by Crippen LogP contribution is -2.45. The van der Waals surface area contributed by atoms with Crippen LogP contribution in [0.1, 0.15) is 31.4 Å². The summed E-state index contributed by atoms with van der Waals surface area (Å²) in [6, 6.07) is 17.4. The molecule has 0 saturated carbocycles. The number of rotatable bonds is 9. The first-order valence-electron chi connectivity index (χ1n) is 12.3. The van der Waals surface area contributed by atoms with E-state index in [-0.39, 0.29) is 12.1 Å². The predicted octanol–water partition coefficient (Wildman–Crippen LogP) is 4.35. The average molecular weight is 502 g/mol. The molecule has 0 radical (unpaired) electrons. The van der Waals surface area contributed by atoms with Gasteiger partial charge in [-0.15, -0.1) is 0 Å². The molecule has 0 aromatic heterocycles. The largest absolute Gasteiger partial charge is 0.443 e. The fourth-order valence-corrected chi connectivity index (χ4v) is 6.01. The van der Waals surface area contributed by atoms with Crippen LogP contribution in [-0.4, -0.2) is 60.2 Å². The maximum Gasteiger partial charge on any atom is 0.417 e. The van der Waals surface area contributed by atoms with Crippen LogP contribution in [0.15, 0.2) is 54.6 Å². The molecule has 4 rings (SSSR count). The van der Waals surface area contributed by atoms with Crippen LogP contribution in [0.3, 0.4) is 0 Å². The fraction of sp³-hybridized carbons (Fsp3) is 0.500. The molecule has 190 valence electrons. The van der Waals surface area contributed by atoms with E-state index >= 15 is 0 Å². The molecule has 2 aromatic rings. The van der Waals surface area contributed by atoms with Crippen molar-refractivity contribution in [1.29, 1.82) is 0 Å². The Morgan fingerprint density at radius 2 is 1.91 bits per heavy atom. The van der Waals surface area contributed by atoms with Crippen molar-refractivity contribution in [2.24, 2.45) is 5.92 Å². The zero-order chi connectivity index (χ0) is 24.8. The van der Waals surface area contributed by atoms with E-state index in [4.69, 9.17) is 19.7 Å². The second-order valence-electron chi connectivity index (χ2n) is 9.75. The zero-order valence-electron chi connectivity index (χ0n) is 20.5. The number of nitrogens with zero attached hydrogens (tertiary/aromatic N) is 2. The standard InChI is InChI=1S/C26H36N3O5P/c1-19(2)15-28(16-21-8-10-22(27)11-9-21)17-25-24(14-20-6-4-3-5-7-20)29(35(31)34-25)26(30)33-23-12-13-32-18-23/h3-11,19,23-25,35H,12-18,27H2,1-2H3/t23-,24-,25+/m0/s1. The van der Waals surface area contributed by atoms with Crippen molar-refractivity contribution >= 4 is 20.0 Å². The molecule has 1 amide bonds. The number of nitrogen functional groups attached to an aromatic ring is 1. The van der Waals surface area contributed by atoms with Gasteiger partial charge in [-0.05, 0) is 35.6 Å². The van der Waals surface area contributed by atoms with Gasteiger partial charge in [0, 0.05) is 31.7 Å². The van der Waals surface area contributed by atoms with E-state index in [0.717, 1.165) is 23.4 Å². The molecule has 0 aliphatic carbocycles. The molecule has 9 heteroatoms. The Kier molecular flexibility index (Phi) is 8.84. The number of hydrogen-bond acceptors (Lipinski definition) is 7. The number of nitrogens with two attached hydrogens (primary N) is 1. The summed E-state index contributed by atoms with van der Waals surface area (Å²) in [5.74, 6) is 0.429. The second kappa shape index (κ2) is 12.0. The monoisotopic (exact) mass is 501 g/mol. The SMILES string of the molecule is CC(C)CN(Cc1ccc(N)cc1)C[C@H]1O[PH](=O)N(C(=O)O[C@H]2CCOC2)[C@H]1Cc1ccccc1. The number of anilines is 1. The minimum atomic E-state index is -2.78. The van der Waals surface area contributed by atoms with Gasteiger partial charge in [0.1, 0.15) is 12.2 Å². The van der Waals surface area contributed by atoms with Gasteiger partial charge in [-0.25, -0.2) is 9.46 Å². The molecular formula is C26H36N3O5P. The van der Waals surface area contributed by atoms with Crippen molar-refractivity contribution in [2.75, 3.05) is 32.0 Å². The molecule has 4 atom stereocenters. The molecule has 0 bridgehead atoms. The van der Waals surface area contributed by atoms with Crippen LogP contribution < -0.4 is 5.73 Å². The molecule has 2 aliphatic rings. The smallest absolute Gasteiger partial charge is 0.417 e. The van der Waals surface area contributed by atoms with Gasteiger partial charge in [0.2, 0.25) is 0 Å². The van der Waals surface area contributed by atoms with Gasteiger partial charge >= 0.3 is 6.09 Å². The number of carbonyl (C=O) groups is 1. The summed E-state index contributed by atoms with van der Waals surface area (Å²) in [6.45, 7) is 7.38. The van der Waals surface area contributed by atoms with E-state index in [1.807, 2.05) is 54.6 Å². The normalized spacial score (nSPS) is 24.4. The third-order valence-corrected chi connectivity index (χ3v) is 7.71. The minimum Gasteiger partial charge on any atom is -0.443 e. The van der Waals surface area contributed by atoms with E-state index in [0.29, 0.717) is 45.1 Å². The Bertz CT molecular complexity index is 982. The summed E-state index contributed by atoms with van der Waals surface area (Å²) >= 11 is 0. The van der Waals surface area contributed by atoms with Crippen LogP contribution in [0, 0.1) is 5.92 Å².